The molecular weight excluding hydrogens is 274 g/mol. The zero-order chi connectivity index (χ0) is 14.8. The van der Waals surface area contributed by atoms with Gasteiger partial charge in [-0.05, 0) is 38.1 Å². The van der Waals surface area contributed by atoms with E-state index in [1.165, 1.54) is 0 Å². The molecule has 0 aromatic heterocycles. The predicted molar refractivity (Wildman–Crippen MR) is 84.6 cm³/mol. The molecule has 1 amide bonds. The predicted octanol–water partition coefficient (Wildman–Crippen LogP) is 2.73. The molecule has 20 heavy (non-hydrogen) atoms. The number of carbonyl (C=O) groups excluding carboxylic acids is 1. The lowest BCUT2D eigenvalue weighted by molar-refractivity contribution is -0.126. The van der Waals surface area contributed by atoms with Gasteiger partial charge < -0.3 is 15.5 Å². The van der Waals surface area contributed by atoms with Gasteiger partial charge in [-0.2, -0.15) is 0 Å². The van der Waals surface area contributed by atoms with Gasteiger partial charge in [0.1, 0.15) is 0 Å². The van der Waals surface area contributed by atoms with Crippen LogP contribution < -0.4 is 15.5 Å². The van der Waals surface area contributed by atoms with Gasteiger partial charge in [0.2, 0.25) is 5.91 Å². The van der Waals surface area contributed by atoms with Crippen molar-refractivity contribution in [3.63, 3.8) is 0 Å². The van der Waals surface area contributed by atoms with Gasteiger partial charge in [0, 0.05) is 19.5 Å². The Balaban J connectivity index is 2.21. The maximum Gasteiger partial charge on any atom is 0.230 e. The van der Waals surface area contributed by atoms with Gasteiger partial charge >= 0.3 is 0 Å². The lowest BCUT2D eigenvalue weighted by atomic mass is 9.80. The van der Waals surface area contributed by atoms with Gasteiger partial charge in [0.25, 0.3) is 0 Å². The number of hydrogen-bond donors (Lipinski definition) is 2. The molecule has 1 aromatic carbocycles. The molecular formula is C15H22ClN3O. The summed E-state index contributed by atoms with van der Waals surface area (Å²) in [6, 6.07) is 5.58. The monoisotopic (exact) mass is 295 g/mol. The number of benzene rings is 1. The first-order valence-electron chi connectivity index (χ1n) is 6.92. The summed E-state index contributed by atoms with van der Waals surface area (Å²) in [4.78, 5) is 14.5. The fourth-order valence-electron chi connectivity index (χ4n) is 2.55. The van der Waals surface area contributed by atoms with Crippen LogP contribution in [-0.4, -0.2) is 33.1 Å². The van der Waals surface area contributed by atoms with E-state index < -0.39 is 0 Å². The number of nitrogens with one attached hydrogen (secondary N) is 2. The molecule has 0 aliphatic carbocycles. The number of anilines is 2. The number of amides is 1. The first-order valence-corrected chi connectivity index (χ1v) is 7.30. The molecule has 1 aromatic rings. The molecule has 1 fully saturated rings. The summed E-state index contributed by atoms with van der Waals surface area (Å²) in [7, 11) is 3.84. The van der Waals surface area contributed by atoms with Crippen LogP contribution in [0.5, 0.6) is 0 Å². The summed E-state index contributed by atoms with van der Waals surface area (Å²) in [6.07, 6.45) is 1.72. The van der Waals surface area contributed by atoms with Gasteiger partial charge in [-0.1, -0.05) is 24.6 Å². The van der Waals surface area contributed by atoms with Crippen LogP contribution in [0.2, 0.25) is 5.02 Å². The van der Waals surface area contributed by atoms with Crippen LogP contribution in [0.25, 0.3) is 0 Å². The van der Waals surface area contributed by atoms with Crippen LogP contribution in [-0.2, 0) is 4.79 Å². The zero-order valence-corrected chi connectivity index (χ0v) is 13.0. The van der Waals surface area contributed by atoms with Crippen LogP contribution in [0, 0.1) is 5.41 Å². The minimum absolute atomic E-state index is 0.0735. The molecule has 1 saturated heterocycles. The van der Waals surface area contributed by atoms with Crippen molar-refractivity contribution < 1.29 is 4.79 Å². The first kappa shape index (κ1) is 15.1. The van der Waals surface area contributed by atoms with Crippen molar-refractivity contribution in [2.24, 2.45) is 5.41 Å². The third-order valence-electron chi connectivity index (χ3n) is 3.94. The fraction of sp³-hybridized carbons (Fsp3) is 0.533. The maximum absolute atomic E-state index is 12.6. The molecule has 0 bridgehead atoms. The van der Waals surface area contributed by atoms with E-state index >= 15 is 0 Å². The second-order valence-corrected chi connectivity index (χ2v) is 6.20. The summed E-state index contributed by atoms with van der Waals surface area (Å²) >= 11 is 6.23. The van der Waals surface area contributed by atoms with Crippen molar-refractivity contribution in [2.75, 3.05) is 37.4 Å². The van der Waals surface area contributed by atoms with E-state index in [4.69, 9.17) is 11.6 Å². The average Bonchev–Trinajstić information content (AvgIpc) is 2.39. The lowest BCUT2D eigenvalue weighted by Crippen LogP contribution is -2.43. The molecule has 2 rings (SSSR count). The van der Waals surface area contributed by atoms with E-state index in [-0.39, 0.29) is 11.3 Å². The second kappa shape index (κ2) is 6.02. The topological polar surface area (TPSA) is 44.4 Å². The molecule has 0 radical (unpaired) electrons. The summed E-state index contributed by atoms with van der Waals surface area (Å²) in [5, 5.41) is 6.98. The third kappa shape index (κ3) is 3.07. The largest absolute Gasteiger partial charge is 0.375 e. The molecule has 5 heteroatoms. The summed E-state index contributed by atoms with van der Waals surface area (Å²) < 4.78 is 0. The molecule has 2 N–H and O–H groups in total. The molecule has 0 atom stereocenters. The van der Waals surface area contributed by atoms with Crippen LogP contribution in [0.1, 0.15) is 19.8 Å². The van der Waals surface area contributed by atoms with Gasteiger partial charge in [-0.3, -0.25) is 4.79 Å². The molecule has 0 saturated carbocycles. The number of piperidine rings is 1. The Morgan fingerprint density at radius 3 is 2.60 bits per heavy atom. The van der Waals surface area contributed by atoms with Crippen molar-refractivity contribution in [1.82, 2.24) is 5.32 Å². The average molecular weight is 296 g/mol. The van der Waals surface area contributed by atoms with E-state index in [1.54, 1.807) is 0 Å². The quantitative estimate of drug-likeness (QED) is 0.901. The van der Waals surface area contributed by atoms with E-state index in [0.717, 1.165) is 37.3 Å². The Hall–Kier alpha value is -1.26. The van der Waals surface area contributed by atoms with E-state index in [0.29, 0.717) is 5.02 Å². The van der Waals surface area contributed by atoms with Crippen LogP contribution in [0.4, 0.5) is 11.4 Å². The van der Waals surface area contributed by atoms with E-state index in [1.807, 2.05) is 44.1 Å². The SMILES string of the molecule is CN(C)c1c(Cl)cccc1NC(=O)C1(C)CCNCC1. The van der Waals surface area contributed by atoms with Crippen molar-refractivity contribution in [2.45, 2.75) is 19.8 Å². The standard InChI is InChI=1S/C15H22ClN3O/c1-15(7-9-17-10-8-15)14(20)18-12-6-4-5-11(16)13(12)19(2)3/h4-6,17H,7-10H2,1-3H3,(H,18,20). The molecule has 4 nitrogen and oxygen atoms in total. The Morgan fingerprint density at radius 2 is 2.00 bits per heavy atom. The maximum atomic E-state index is 12.6. The Labute approximate surface area is 125 Å². The van der Waals surface area contributed by atoms with Gasteiger partial charge in [-0.25, -0.2) is 0 Å². The minimum Gasteiger partial charge on any atom is -0.375 e. The number of nitrogens with zero attached hydrogens (tertiary/aromatic N) is 1. The summed E-state index contributed by atoms with van der Waals surface area (Å²) in [5.74, 6) is 0.0735. The van der Waals surface area contributed by atoms with E-state index in [2.05, 4.69) is 10.6 Å². The van der Waals surface area contributed by atoms with Gasteiger partial charge in [0.15, 0.2) is 0 Å². The van der Waals surface area contributed by atoms with Crippen molar-refractivity contribution in [3.8, 4) is 0 Å². The normalized spacial score (nSPS) is 17.6. The molecule has 0 unspecified atom stereocenters. The second-order valence-electron chi connectivity index (χ2n) is 5.80. The smallest absolute Gasteiger partial charge is 0.230 e. The molecule has 1 heterocycles. The number of halogens is 1. The van der Waals surface area contributed by atoms with Crippen molar-refractivity contribution in [3.05, 3.63) is 23.2 Å². The Kier molecular flexibility index (Phi) is 4.55. The molecule has 1 aliphatic rings. The van der Waals surface area contributed by atoms with Crippen LogP contribution in [0.15, 0.2) is 18.2 Å². The van der Waals surface area contributed by atoms with Crippen LogP contribution in [0.3, 0.4) is 0 Å². The first-order chi connectivity index (χ1) is 9.44. The highest BCUT2D eigenvalue weighted by Gasteiger charge is 2.34. The van der Waals surface area contributed by atoms with Crippen molar-refractivity contribution >= 4 is 28.9 Å². The lowest BCUT2D eigenvalue weighted by Gasteiger charge is -2.33. The van der Waals surface area contributed by atoms with Crippen molar-refractivity contribution in [1.29, 1.82) is 0 Å². The molecule has 0 spiro atoms. The highest BCUT2D eigenvalue weighted by atomic mass is 35.5. The molecule has 110 valence electrons. The summed E-state index contributed by atoms with van der Waals surface area (Å²) in [6.45, 7) is 3.81. The van der Waals surface area contributed by atoms with Gasteiger partial charge in [-0.15, -0.1) is 0 Å². The number of carbonyl (C=O) groups is 1. The minimum atomic E-state index is -0.308. The third-order valence-corrected chi connectivity index (χ3v) is 4.24. The highest BCUT2D eigenvalue weighted by Crippen LogP contribution is 2.35. The molecule has 1 aliphatic heterocycles. The Morgan fingerprint density at radius 1 is 1.35 bits per heavy atom. The fourth-order valence-corrected chi connectivity index (χ4v) is 2.89. The zero-order valence-electron chi connectivity index (χ0n) is 12.3. The number of para-hydroxylation sites is 1. The summed E-state index contributed by atoms with van der Waals surface area (Å²) in [5.41, 5.74) is 1.31. The Bertz CT molecular complexity index is 496. The number of rotatable bonds is 3. The van der Waals surface area contributed by atoms with E-state index in [9.17, 15) is 4.79 Å². The van der Waals surface area contributed by atoms with Gasteiger partial charge in [0.05, 0.1) is 16.4 Å². The van der Waals surface area contributed by atoms with Crippen LogP contribution >= 0.6 is 11.6 Å². The number of hydrogen-bond acceptors (Lipinski definition) is 3. The highest BCUT2D eigenvalue weighted by molar-refractivity contribution is 6.34.